The van der Waals surface area contributed by atoms with Gasteiger partial charge in [0.15, 0.2) is 0 Å². The predicted molar refractivity (Wildman–Crippen MR) is 81.2 cm³/mol. The largest absolute Gasteiger partial charge is 0.390 e. The summed E-state index contributed by atoms with van der Waals surface area (Å²) in [6.45, 7) is 3.25. The Kier molecular flexibility index (Phi) is 5.33. The first-order valence-electron chi connectivity index (χ1n) is 6.86. The first-order chi connectivity index (χ1) is 9.78. The maximum Gasteiger partial charge on any atom is 0.206 e. The number of benzene rings is 2. The van der Waals surface area contributed by atoms with Crippen molar-refractivity contribution >= 4 is 5.90 Å². The molecule has 0 fully saturated rings. The number of hydrogen-bond acceptors (Lipinski definition) is 3. The van der Waals surface area contributed by atoms with Crippen molar-refractivity contribution in [1.29, 1.82) is 5.41 Å². The lowest BCUT2D eigenvalue weighted by Crippen LogP contribution is -2.26. The van der Waals surface area contributed by atoms with Crippen LogP contribution < -0.4 is 0 Å². The van der Waals surface area contributed by atoms with Gasteiger partial charge in [0.1, 0.15) is 0 Å². The van der Waals surface area contributed by atoms with E-state index in [1.807, 2.05) is 48.4 Å². The first-order valence-corrected chi connectivity index (χ1v) is 6.86. The molecule has 2 rings (SSSR count). The smallest absolute Gasteiger partial charge is 0.206 e. The molecule has 2 aromatic carbocycles. The van der Waals surface area contributed by atoms with Gasteiger partial charge in [0, 0.05) is 6.42 Å². The lowest BCUT2D eigenvalue weighted by Gasteiger charge is -2.22. The van der Waals surface area contributed by atoms with Gasteiger partial charge in [-0.15, -0.1) is 5.06 Å². The third kappa shape index (κ3) is 4.52. The van der Waals surface area contributed by atoms with Gasteiger partial charge in [0.2, 0.25) is 5.90 Å². The van der Waals surface area contributed by atoms with Gasteiger partial charge in [0.25, 0.3) is 0 Å². The molecule has 0 spiro atoms. The molecule has 0 amide bonds. The van der Waals surface area contributed by atoms with E-state index >= 15 is 0 Å². The molecule has 0 aliphatic heterocycles. The van der Waals surface area contributed by atoms with Crippen molar-refractivity contribution in [1.82, 2.24) is 5.06 Å². The molecule has 3 nitrogen and oxygen atoms in total. The minimum atomic E-state index is 0.289. The molecule has 104 valence electrons. The van der Waals surface area contributed by atoms with Gasteiger partial charge in [-0.2, -0.15) is 0 Å². The highest BCUT2D eigenvalue weighted by molar-refractivity contribution is 5.71. The summed E-state index contributed by atoms with van der Waals surface area (Å²) in [7, 11) is 0. The maximum absolute atomic E-state index is 7.74. The maximum atomic E-state index is 7.74. The fraction of sp³-hybridized carbons (Fsp3) is 0.235. The number of nitrogens with one attached hydrogen (secondary N) is 1. The van der Waals surface area contributed by atoms with Crippen LogP contribution in [0.25, 0.3) is 0 Å². The van der Waals surface area contributed by atoms with Crippen LogP contribution in [-0.4, -0.2) is 11.0 Å². The van der Waals surface area contributed by atoms with Crippen LogP contribution in [0.3, 0.4) is 0 Å². The van der Waals surface area contributed by atoms with E-state index in [9.17, 15) is 0 Å². The third-order valence-electron chi connectivity index (χ3n) is 2.96. The molecular weight excluding hydrogens is 248 g/mol. The summed E-state index contributed by atoms with van der Waals surface area (Å²) in [6.07, 6.45) is 0.597. The Labute approximate surface area is 120 Å². The molecule has 0 aliphatic carbocycles. The van der Waals surface area contributed by atoms with Crippen LogP contribution in [-0.2, 0) is 17.9 Å². The molecule has 20 heavy (non-hydrogen) atoms. The van der Waals surface area contributed by atoms with Crippen molar-refractivity contribution in [2.24, 2.45) is 0 Å². The van der Waals surface area contributed by atoms with Crippen molar-refractivity contribution in [3.63, 3.8) is 0 Å². The molecule has 3 heteroatoms. The second-order valence-electron chi connectivity index (χ2n) is 4.64. The molecule has 0 aliphatic rings. The first kappa shape index (κ1) is 14.3. The quantitative estimate of drug-likeness (QED) is 0.488. The SMILES string of the molecule is CCC(=N)ON(Cc1ccccc1)Cc1ccccc1. The highest BCUT2D eigenvalue weighted by Gasteiger charge is 2.10. The topological polar surface area (TPSA) is 36.3 Å². The lowest BCUT2D eigenvalue weighted by molar-refractivity contribution is -0.0932. The monoisotopic (exact) mass is 268 g/mol. The molecule has 1 N–H and O–H groups in total. The van der Waals surface area contributed by atoms with Gasteiger partial charge < -0.3 is 4.84 Å². The molecule has 0 saturated heterocycles. The van der Waals surface area contributed by atoms with Crippen molar-refractivity contribution in [3.8, 4) is 0 Å². The van der Waals surface area contributed by atoms with Crippen LogP contribution in [0.5, 0.6) is 0 Å². The number of nitrogens with zero attached hydrogens (tertiary/aromatic N) is 1. The van der Waals surface area contributed by atoms with Crippen molar-refractivity contribution < 1.29 is 4.84 Å². The molecule has 0 unspecified atom stereocenters. The highest BCUT2D eigenvalue weighted by Crippen LogP contribution is 2.11. The highest BCUT2D eigenvalue weighted by atomic mass is 16.7. The summed E-state index contributed by atoms with van der Waals surface area (Å²) in [5.74, 6) is 0.289. The Bertz CT molecular complexity index is 484. The molecule has 0 radical (unpaired) electrons. The molecular formula is C17H20N2O. The summed E-state index contributed by atoms with van der Waals surface area (Å²) in [5, 5.41) is 9.57. The predicted octanol–water partition coefficient (Wildman–Crippen LogP) is 4.01. The zero-order chi connectivity index (χ0) is 14.2. The van der Waals surface area contributed by atoms with Crippen LogP contribution in [0.15, 0.2) is 60.7 Å². The van der Waals surface area contributed by atoms with E-state index in [0.717, 1.165) is 0 Å². The second-order valence-corrected chi connectivity index (χ2v) is 4.64. The van der Waals surface area contributed by atoms with Crippen LogP contribution >= 0.6 is 0 Å². The summed E-state index contributed by atoms with van der Waals surface area (Å²) in [5.41, 5.74) is 2.35. The number of rotatable bonds is 6. The van der Waals surface area contributed by atoms with E-state index in [4.69, 9.17) is 10.2 Å². The summed E-state index contributed by atoms with van der Waals surface area (Å²) >= 11 is 0. The Balaban J connectivity index is 2.06. The normalized spacial score (nSPS) is 10.5. The Morgan fingerprint density at radius 3 is 1.75 bits per heavy atom. The average Bonchev–Trinajstić information content (AvgIpc) is 2.49. The van der Waals surface area contributed by atoms with E-state index in [1.165, 1.54) is 11.1 Å². The van der Waals surface area contributed by atoms with Gasteiger partial charge in [-0.25, -0.2) is 0 Å². The van der Waals surface area contributed by atoms with E-state index < -0.39 is 0 Å². The zero-order valence-corrected chi connectivity index (χ0v) is 11.8. The summed E-state index contributed by atoms with van der Waals surface area (Å²) in [4.78, 5) is 5.62. The van der Waals surface area contributed by atoms with E-state index in [-0.39, 0.29) is 5.90 Å². The van der Waals surface area contributed by atoms with E-state index in [2.05, 4.69) is 24.3 Å². The molecule has 0 saturated carbocycles. The van der Waals surface area contributed by atoms with Crippen molar-refractivity contribution in [2.75, 3.05) is 0 Å². The molecule has 0 atom stereocenters. The van der Waals surface area contributed by atoms with E-state index in [0.29, 0.717) is 19.5 Å². The molecule has 0 bridgehead atoms. The zero-order valence-electron chi connectivity index (χ0n) is 11.8. The molecule has 0 heterocycles. The van der Waals surface area contributed by atoms with Crippen LogP contribution in [0, 0.1) is 5.41 Å². The summed E-state index contributed by atoms with van der Waals surface area (Å²) < 4.78 is 0. The van der Waals surface area contributed by atoms with Crippen LogP contribution in [0.4, 0.5) is 0 Å². The number of hydroxylamine groups is 2. The van der Waals surface area contributed by atoms with Crippen molar-refractivity contribution in [3.05, 3.63) is 71.8 Å². The van der Waals surface area contributed by atoms with Gasteiger partial charge in [0.05, 0.1) is 13.1 Å². The molecule has 2 aromatic rings. The summed E-state index contributed by atoms with van der Waals surface area (Å²) in [6, 6.07) is 20.3. The second kappa shape index (κ2) is 7.46. The lowest BCUT2D eigenvalue weighted by atomic mass is 10.2. The van der Waals surface area contributed by atoms with E-state index in [1.54, 1.807) is 0 Å². The number of hydrogen-bond donors (Lipinski definition) is 1. The fourth-order valence-corrected chi connectivity index (χ4v) is 1.91. The molecule has 0 aromatic heterocycles. The van der Waals surface area contributed by atoms with Gasteiger partial charge in [-0.1, -0.05) is 67.6 Å². The van der Waals surface area contributed by atoms with Gasteiger partial charge in [-0.05, 0) is 11.1 Å². The minimum absolute atomic E-state index is 0.289. The average molecular weight is 268 g/mol. The third-order valence-corrected chi connectivity index (χ3v) is 2.96. The van der Waals surface area contributed by atoms with Crippen LogP contribution in [0.1, 0.15) is 24.5 Å². The standard InChI is InChI=1S/C17H20N2O/c1-2-17(18)20-19(13-15-9-5-3-6-10-15)14-16-11-7-4-8-12-16/h3-12,18H,2,13-14H2,1H3. The van der Waals surface area contributed by atoms with Gasteiger partial charge in [-0.3, -0.25) is 5.41 Å². The Morgan fingerprint density at radius 2 is 1.35 bits per heavy atom. The van der Waals surface area contributed by atoms with Crippen LogP contribution in [0.2, 0.25) is 0 Å². The Morgan fingerprint density at radius 1 is 0.900 bits per heavy atom. The Hall–Kier alpha value is -2.13. The van der Waals surface area contributed by atoms with Crippen molar-refractivity contribution in [2.45, 2.75) is 26.4 Å². The fourth-order valence-electron chi connectivity index (χ4n) is 1.91. The van der Waals surface area contributed by atoms with Gasteiger partial charge >= 0.3 is 0 Å². The minimum Gasteiger partial charge on any atom is -0.390 e.